The minimum atomic E-state index is -4.29. The van der Waals surface area contributed by atoms with Crippen LogP contribution in [0.2, 0.25) is 10.0 Å². The molecule has 0 bridgehead atoms. The number of halogens is 5. The van der Waals surface area contributed by atoms with E-state index in [1.807, 2.05) is 0 Å². The Bertz CT molecular complexity index is 1570. The highest BCUT2D eigenvalue weighted by molar-refractivity contribution is 6.36. The number of alkyl halides is 3. The Labute approximate surface area is 247 Å². The molecule has 7 nitrogen and oxygen atoms in total. The molecule has 2 radical (unpaired) electrons. The number of benzene rings is 2. The highest BCUT2D eigenvalue weighted by atomic mass is 35.5. The second-order valence-electron chi connectivity index (χ2n) is 11.5. The number of hydrazine groups is 2. The molecule has 41 heavy (non-hydrogen) atoms. The minimum Gasteiger partial charge on any atom is -0.383 e. The number of nitriles is 1. The first-order chi connectivity index (χ1) is 19.2. The monoisotopic (exact) mass is 599 g/mol. The van der Waals surface area contributed by atoms with Crippen molar-refractivity contribution in [1.82, 2.24) is 21.0 Å². The van der Waals surface area contributed by atoms with Crippen LogP contribution in [0.5, 0.6) is 0 Å². The van der Waals surface area contributed by atoms with E-state index in [4.69, 9.17) is 31.0 Å². The van der Waals surface area contributed by atoms with Crippen molar-refractivity contribution < 1.29 is 13.2 Å². The Balaban J connectivity index is 1.58. The SMILES string of the molecule is [B]C(Nc1cc(Cl)c2ncc(C#N)c(NCC(C)(C)C)c2c1)(C1=CN([C@H]2CC2C(F)(F)F)NN1)c1ccccc1Cl. The van der Waals surface area contributed by atoms with Crippen molar-refractivity contribution >= 4 is 53.3 Å². The van der Waals surface area contributed by atoms with E-state index in [1.54, 1.807) is 36.4 Å². The molecule has 2 aromatic carbocycles. The first-order valence-electron chi connectivity index (χ1n) is 12.9. The number of hydrogen-bond acceptors (Lipinski definition) is 7. The summed E-state index contributed by atoms with van der Waals surface area (Å²) in [7, 11) is 7.02. The molecule has 0 saturated heterocycles. The molecule has 5 rings (SSSR count). The largest absolute Gasteiger partial charge is 0.393 e. The van der Waals surface area contributed by atoms with Crippen molar-refractivity contribution in [3.8, 4) is 6.07 Å². The van der Waals surface area contributed by atoms with Crippen molar-refractivity contribution in [2.75, 3.05) is 17.2 Å². The van der Waals surface area contributed by atoms with Gasteiger partial charge in [-0.05, 0) is 35.6 Å². The van der Waals surface area contributed by atoms with E-state index in [-0.39, 0.29) is 11.8 Å². The van der Waals surface area contributed by atoms with Gasteiger partial charge in [0, 0.05) is 35.0 Å². The maximum absolute atomic E-state index is 13.3. The molecule has 1 aliphatic heterocycles. The topological polar surface area (TPSA) is 88.0 Å². The van der Waals surface area contributed by atoms with Gasteiger partial charge >= 0.3 is 6.18 Å². The lowest BCUT2D eigenvalue weighted by molar-refractivity contribution is -0.152. The van der Waals surface area contributed by atoms with Gasteiger partial charge in [-0.2, -0.15) is 18.4 Å². The van der Waals surface area contributed by atoms with Crippen molar-refractivity contribution in [2.24, 2.45) is 11.3 Å². The van der Waals surface area contributed by atoms with Gasteiger partial charge in [0.15, 0.2) is 0 Å². The predicted octanol–water partition coefficient (Wildman–Crippen LogP) is 6.42. The Morgan fingerprint density at radius 1 is 1.17 bits per heavy atom. The number of rotatable bonds is 7. The Kier molecular flexibility index (Phi) is 7.47. The second kappa shape index (κ2) is 10.5. The quantitative estimate of drug-likeness (QED) is 0.233. The van der Waals surface area contributed by atoms with Crippen LogP contribution in [0.4, 0.5) is 24.5 Å². The van der Waals surface area contributed by atoms with Crippen molar-refractivity contribution in [3.63, 3.8) is 0 Å². The summed E-state index contributed by atoms with van der Waals surface area (Å²) in [6.45, 7) is 6.79. The second-order valence-corrected chi connectivity index (χ2v) is 12.3. The van der Waals surface area contributed by atoms with E-state index in [2.05, 4.69) is 53.4 Å². The lowest BCUT2D eigenvalue weighted by atomic mass is 9.69. The van der Waals surface area contributed by atoms with Gasteiger partial charge in [0.25, 0.3) is 0 Å². The Morgan fingerprint density at radius 3 is 2.54 bits per heavy atom. The maximum atomic E-state index is 13.3. The molecule has 0 spiro atoms. The standard InChI is InChI=1S/C28H27BCl2F3N7/c1-26(2,3)14-37-24-15(11-35)12-36-25-17(24)8-16(9-21(25)31)38-27(29,18-6-4-5-7-20(18)30)23-13-41(40-39-23)22-10-19(22)28(32,33)34/h4-9,12-13,19,22,38-40H,10,14H2,1-3H3,(H,36,37)/t19?,22-,27?/m0/s1. The van der Waals surface area contributed by atoms with Gasteiger partial charge in [-0.25, -0.2) is 0 Å². The maximum Gasteiger partial charge on any atom is 0.393 e. The van der Waals surface area contributed by atoms with Gasteiger partial charge in [-0.3, -0.25) is 9.99 Å². The zero-order valence-electron chi connectivity index (χ0n) is 22.5. The smallest absolute Gasteiger partial charge is 0.383 e. The Morgan fingerprint density at radius 2 is 1.90 bits per heavy atom. The molecule has 2 unspecified atom stereocenters. The van der Waals surface area contributed by atoms with Crippen molar-refractivity contribution in [1.29, 1.82) is 5.26 Å². The summed E-state index contributed by atoms with van der Waals surface area (Å²) < 4.78 is 39.8. The molecule has 212 valence electrons. The van der Waals surface area contributed by atoms with Gasteiger partial charge < -0.3 is 16.1 Å². The van der Waals surface area contributed by atoms with E-state index >= 15 is 0 Å². The average Bonchev–Trinajstić information content (AvgIpc) is 3.56. The third-order valence-corrected chi connectivity index (χ3v) is 7.65. The lowest BCUT2D eigenvalue weighted by Crippen LogP contribution is -2.46. The first kappa shape index (κ1) is 29.2. The van der Waals surface area contributed by atoms with E-state index in [0.29, 0.717) is 55.7 Å². The minimum absolute atomic E-state index is 0.0299. The number of pyridine rings is 1. The third kappa shape index (κ3) is 5.87. The molecule has 3 aromatic rings. The number of aromatic nitrogens is 1. The van der Waals surface area contributed by atoms with Crippen LogP contribution >= 0.6 is 23.2 Å². The molecule has 2 aliphatic rings. The summed E-state index contributed by atoms with van der Waals surface area (Å²) >= 11 is 13.3. The summed E-state index contributed by atoms with van der Waals surface area (Å²) in [6, 6.07) is 11.8. The van der Waals surface area contributed by atoms with Crippen LogP contribution in [0, 0.1) is 22.7 Å². The van der Waals surface area contributed by atoms with Gasteiger partial charge in [0.2, 0.25) is 0 Å². The van der Waals surface area contributed by atoms with E-state index in [0.717, 1.165) is 0 Å². The van der Waals surface area contributed by atoms with Crippen LogP contribution in [0.1, 0.15) is 38.3 Å². The number of anilines is 2. The Hall–Kier alpha value is -3.33. The molecule has 4 N–H and O–H groups in total. The summed E-state index contributed by atoms with van der Waals surface area (Å²) in [5.41, 5.74) is 6.82. The van der Waals surface area contributed by atoms with E-state index in [1.165, 1.54) is 17.4 Å². The normalized spacial score (nSPS) is 20.2. The molecular weight excluding hydrogens is 573 g/mol. The molecule has 1 fully saturated rings. The van der Waals surface area contributed by atoms with Crippen molar-refractivity contribution in [3.05, 3.63) is 75.7 Å². The molecular formula is C28H27BCl2F3N7. The number of hydrogen-bond donors (Lipinski definition) is 4. The first-order valence-corrected chi connectivity index (χ1v) is 13.6. The summed E-state index contributed by atoms with van der Waals surface area (Å²) in [5, 5.41) is 19.1. The summed E-state index contributed by atoms with van der Waals surface area (Å²) in [4.78, 5) is 4.40. The summed E-state index contributed by atoms with van der Waals surface area (Å²) in [6.07, 6.45) is -1.33. The molecule has 13 heteroatoms. The van der Waals surface area contributed by atoms with Crippen LogP contribution in [-0.2, 0) is 5.44 Å². The average molecular weight is 600 g/mol. The zero-order valence-corrected chi connectivity index (χ0v) is 24.0. The van der Waals surface area contributed by atoms with Crippen LogP contribution in [-0.4, -0.2) is 36.6 Å². The lowest BCUT2D eigenvalue weighted by Gasteiger charge is -2.35. The predicted molar refractivity (Wildman–Crippen MR) is 156 cm³/mol. The van der Waals surface area contributed by atoms with E-state index < -0.39 is 23.6 Å². The van der Waals surface area contributed by atoms with Crippen LogP contribution in [0.25, 0.3) is 10.9 Å². The van der Waals surface area contributed by atoms with E-state index in [9.17, 15) is 18.4 Å². The highest BCUT2D eigenvalue weighted by Gasteiger charge is 2.58. The molecule has 1 saturated carbocycles. The summed E-state index contributed by atoms with van der Waals surface area (Å²) in [5.74, 6) is -1.44. The zero-order chi connectivity index (χ0) is 29.7. The molecule has 1 aliphatic carbocycles. The molecule has 2 heterocycles. The molecule has 1 aromatic heterocycles. The van der Waals surface area contributed by atoms with Crippen LogP contribution in [0.3, 0.4) is 0 Å². The number of fused-ring (bicyclic) bond motifs is 1. The highest BCUT2D eigenvalue weighted by Crippen LogP contribution is 2.48. The fraction of sp³-hybridized carbons (Fsp3) is 0.357. The fourth-order valence-corrected chi connectivity index (χ4v) is 5.35. The van der Waals surface area contributed by atoms with Gasteiger partial charge in [0.05, 0.1) is 44.9 Å². The fourth-order valence-electron chi connectivity index (χ4n) is 4.80. The van der Waals surface area contributed by atoms with Crippen molar-refractivity contribution in [2.45, 2.75) is 44.8 Å². The van der Waals surface area contributed by atoms with Gasteiger partial charge in [-0.1, -0.05) is 62.2 Å². The van der Waals surface area contributed by atoms with Gasteiger partial charge in [-0.15, -0.1) is 5.53 Å². The molecule has 3 atom stereocenters. The number of nitrogens with zero attached hydrogens (tertiary/aromatic N) is 3. The van der Waals surface area contributed by atoms with Crippen LogP contribution in [0.15, 0.2) is 54.5 Å². The number of nitrogens with one attached hydrogen (secondary N) is 4. The third-order valence-electron chi connectivity index (χ3n) is 7.03. The van der Waals surface area contributed by atoms with Crippen LogP contribution < -0.4 is 21.6 Å². The molecule has 0 amide bonds. The van der Waals surface area contributed by atoms with Gasteiger partial charge in [0.1, 0.15) is 13.9 Å².